The van der Waals surface area contributed by atoms with E-state index in [1.807, 2.05) is 27.2 Å². The van der Waals surface area contributed by atoms with Gasteiger partial charge >= 0.3 is 0 Å². The Kier molecular flexibility index (Phi) is 61.0. The number of hydrogen-bond acceptors (Lipinski definition) is 6. The molecule has 83 heavy (non-hydrogen) atoms. The van der Waals surface area contributed by atoms with E-state index in [-0.39, 0.29) is 19.1 Å². The molecule has 0 saturated heterocycles. The highest BCUT2D eigenvalue weighted by Crippen LogP contribution is 2.38. The van der Waals surface area contributed by atoms with Crippen LogP contribution in [0.2, 0.25) is 0 Å². The normalized spacial score (nSPS) is 14.4. The second kappa shape index (κ2) is 63.4. The first-order valence-electron chi connectivity index (χ1n) is 34.4. The lowest BCUT2D eigenvalue weighted by molar-refractivity contribution is -0.870. The minimum Gasteiger partial charge on any atom is -0.756 e. The van der Waals surface area contributed by atoms with Crippen LogP contribution in [0.25, 0.3) is 0 Å². The van der Waals surface area contributed by atoms with Crippen molar-refractivity contribution in [3.63, 3.8) is 0 Å². The maximum atomic E-state index is 13.0. The first-order chi connectivity index (χ1) is 40.5. The molecule has 0 radical (unpaired) electrons. The fraction of sp³-hybridized carbons (Fsp3) is 0.716. The minimum atomic E-state index is -4.61. The van der Waals surface area contributed by atoms with Gasteiger partial charge in [0, 0.05) is 6.42 Å². The summed E-state index contributed by atoms with van der Waals surface area (Å²) in [5, 5.41) is 14.0. The summed E-state index contributed by atoms with van der Waals surface area (Å²) in [6.45, 7) is 4.55. The zero-order valence-corrected chi connectivity index (χ0v) is 55.5. The Morgan fingerprint density at radius 2 is 0.735 bits per heavy atom. The fourth-order valence-electron chi connectivity index (χ4n) is 9.62. The molecule has 8 nitrogen and oxygen atoms in total. The molecule has 0 aromatic rings. The number of carbonyl (C=O) groups excluding carboxylic acids is 1. The minimum absolute atomic E-state index is 0.00723. The zero-order valence-electron chi connectivity index (χ0n) is 54.6. The average molecular weight is 1180 g/mol. The van der Waals surface area contributed by atoms with Gasteiger partial charge in [0.05, 0.1) is 39.9 Å². The number of nitrogens with one attached hydrogen (secondary N) is 1. The van der Waals surface area contributed by atoms with Gasteiger partial charge in [0.2, 0.25) is 5.91 Å². The lowest BCUT2D eigenvalue weighted by Crippen LogP contribution is -2.45. The van der Waals surface area contributed by atoms with Crippen molar-refractivity contribution >= 4 is 13.7 Å². The van der Waals surface area contributed by atoms with Crippen LogP contribution in [0.1, 0.15) is 290 Å². The van der Waals surface area contributed by atoms with Gasteiger partial charge in [-0.3, -0.25) is 9.36 Å². The summed E-state index contributed by atoms with van der Waals surface area (Å²) in [6.07, 6.45) is 94.4. The third-order valence-corrected chi connectivity index (χ3v) is 15.9. The third-order valence-electron chi connectivity index (χ3n) is 14.9. The number of likely N-dealkylation sites (N-methyl/N-ethyl adjacent to an activating group) is 1. The van der Waals surface area contributed by atoms with Gasteiger partial charge in [0.1, 0.15) is 13.2 Å². The van der Waals surface area contributed by atoms with E-state index < -0.39 is 20.0 Å². The molecule has 0 bridgehead atoms. The molecule has 0 aliphatic rings. The van der Waals surface area contributed by atoms with Crippen molar-refractivity contribution in [2.75, 3.05) is 40.9 Å². The average Bonchev–Trinajstić information content (AvgIpc) is 3.50. The number of amides is 1. The molecule has 3 unspecified atom stereocenters. The number of aliphatic hydroxyl groups excluding tert-OH is 1. The number of rotatable bonds is 62. The van der Waals surface area contributed by atoms with Gasteiger partial charge in [-0.05, 0) is 89.9 Å². The number of phosphoric ester groups is 1. The number of allylic oxidation sites excluding steroid dienone is 19. The summed E-state index contributed by atoms with van der Waals surface area (Å²) in [5.74, 6) is -0.206. The Labute approximate surface area is 514 Å². The summed E-state index contributed by atoms with van der Waals surface area (Å²) in [5.41, 5.74) is 0. The summed E-state index contributed by atoms with van der Waals surface area (Å²) in [6, 6.07) is -0.900. The number of carbonyl (C=O) groups is 1. The van der Waals surface area contributed by atoms with E-state index in [0.717, 1.165) is 109 Å². The number of unbranched alkanes of at least 4 members (excludes halogenated alkanes) is 31. The largest absolute Gasteiger partial charge is 0.756 e. The van der Waals surface area contributed by atoms with Crippen molar-refractivity contribution in [3.8, 4) is 0 Å². The number of nitrogens with zero attached hydrogens (tertiary/aromatic N) is 1. The van der Waals surface area contributed by atoms with Crippen LogP contribution < -0.4 is 10.2 Å². The van der Waals surface area contributed by atoms with E-state index in [2.05, 4.69) is 129 Å². The molecule has 0 fully saturated rings. The first-order valence-corrected chi connectivity index (χ1v) is 35.9. The van der Waals surface area contributed by atoms with Gasteiger partial charge < -0.3 is 28.8 Å². The van der Waals surface area contributed by atoms with E-state index >= 15 is 0 Å². The maximum absolute atomic E-state index is 13.0. The molecular weight excluding hydrogens is 1040 g/mol. The molecule has 0 aliphatic heterocycles. The SMILES string of the molecule is CC/C=C\C/C=C\C/C=C\C/C=C\C/C=C\C/C=C\C/C=C\C/C=C\C/C=C\CCCCCCCCCCCC(=O)NC(COP(=O)([O-])OCC[N+](C)(C)C)C(O)/C=C/CCCCCCCCCCCCCCCCCCCCCCCC. The molecule has 0 saturated carbocycles. The van der Waals surface area contributed by atoms with Crippen molar-refractivity contribution in [1.82, 2.24) is 5.32 Å². The second-order valence-electron chi connectivity index (χ2n) is 24.2. The third kappa shape index (κ3) is 66.3. The molecule has 0 aromatic heterocycles. The molecular formula is C74H131N2O6P. The van der Waals surface area contributed by atoms with Crippen LogP contribution in [0.5, 0.6) is 0 Å². The van der Waals surface area contributed by atoms with Gasteiger partial charge in [0.25, 0.3) is 7.82 Å². The van der Waals surface area contributed by atoms with Crippen molar-refractivity contribution in [2.24, 2.45) is 0 Å². The van der Waals surface area contributed by atoms with Crippen LogP contribution in [-0.4, -0.2) is 68.5 Å². The van der Waals surface area contributed by atoms with E-state index in [0.29, 0.717) is 17.4 Å². The van der Waals surface area contributed by atoms with E-state index in [4.69, 9.17) is 9.05 Å². The van der Waals surface area contributed by atoms with Crippen molar-refractivity contribution < 1.29 is 32.9 Å². The second-order valence-corrected chi connectivity index (χ2v) is 25.6. The quantitative estimate of drug-likeness (QED) is 0.0272. The maximum Gasteiger partial charge on any atom is 0.268 e. The molecule has 0 aliphatic carbocycles. The Balaban J connectivity index is 4.15. The van der Waals surface area contributed by atoms with Crippen LogP contribution in [-0.2, 0) is 18.4 Å². The van der Waals surface area contributed by atoms with Crippen LogP contribution >= 0.6 is 7.82 Å². The molecule has 2 N–H and O–H groups in total. The van der Waals surface area contributed by atoms with Crippen LogP contribution in [0, 0.1) is 0 Å². The standard InChI is InChI=1S/C74H131N2O6P/c1-6-8-10-12-14-16-18-20-22-24-26-28-30-32-33-34-35-36-37-38-39-40-41-42-43-44-46-48-50-52-54-56-58-60-62-64-66-68-74(78)75-72(71-82-83(79,80)81-70-69-76(3,4)5)73(77)67-65-63-61-59-57-55-53-51-49-47-45-31-29-27-25-23-21-19-17-15-13-11-9-7-2/h8,10,14,16,20,22,26,28,32-33,35-36,38-39,41-42,44,46,65,67,72-73,77H,6-7,9,11-13,15,17-19,21,23-25,27,29-31,34,37,40,43,45,47-64,66,68-71H2,1-5H3,(H-,75,78,79,80)/b10-8-,16-14-,22-20-,28-26-,33-32-,36-35-,39-38-,42-41-,46-44-,67-65+. The highest BCUT2D eigenvalue weighted by atomic mass is 31.2. The number of aliphatic hydroxyl groups is 1. The Morgan fingerprint density at radius 1 is 0.434 bits per heavy atom. The van der Waals surface area contributed by atoms with Crippen LogP contribution in [0.4, 0.5) is 0 Å². The highest BCUT2D eigenvalue weighted by molar-refractivity contribution is 7.45. The smallest absolute Gasteiger partial charge is 0.268 e. The van der Waals surface area contributed by atoms with Crippen molar-refractivity contribution in [1.29, 1.82) is 0 Å². The molecule has 478 valence electrons. The van der Waals surface area contributed by atoms with Gasteiger partial charge in [-0.1, -0.05) is 315 Å². The highest BCUT2D eigenvalue weighted by Gasteiger charge is 2.23. The zero-order chi connectivity index (χ0) is 60.5. The summed E-state index contributed by atoms with van der Waals surface area (Å²) >= 11 is 0. The summed E-state index contributed by atoms with van der Waals surface area (Å²) < 4.78 is 23.4. The fourth-order valence-corrected chi connectivity index (χ4v) is 10.3. The van der Waals surface area contributed by atoms with E-state index in [1.54, 1.807) is 6.08 Å². The van der Waals surface area contributed by atoms with E-state index in [9.17, 15) is 19.4 Å². The Hall–Kier alpha value is -3.10. The summed E-state index contributed by atoms with van der Waals surface area (Å²) in [7, 11) is 1.25. The summed E-state index contributed by atoms with van der Waals surface area (Å²) in [4.78, 5) is 25.6. The van der Waals surface area contributed by atoms with Crippen LogP contribution in [0.3, 0.4) is 0 Å². The van der Waals surface area contributed by atoms with Crippen molar-refractivity contribution in [2.45, 2.75) is 302 Å². The topological polar surface area (TPSA) is 108 Å². The molecule has 0 heterocycles. The monoisotopic (exact) mass is 1170 g/mol. The van der Waals surface area contributed by atoms with E-state index in [1.165, 1.54) is 161 Å². The lowest BCUT2D eigenvalue weighted by Gasteiger charge is -2.29. The molecule has 0 aromatic carbocycles. The number of hydrogen-bond donors (Lipinski definition) is 2. The predicted molar refractivity (Wildman–Crippen MR) is 362 cm³/mol. The molecule has 3 atom stereocenters. The lowest BCUT2D eigenvalue weighted by atomic mass is 10.0. The number of quaternary nitrogens is 1. The molecule has 9 heteroatoms. The Bertz CT molecular complexity index is 1770. The first kappa shape index (κ1) is 79.9. The number of phosphoric acid groups is 1. The van der Waals surface area contributed by atoms with Gasteiger partial charge in [-0.2, -0.15) is 0 Å². The van der Waals surface area contributed by atoms with Gasteiger partial charge in [-0.15, -0.1) is 0 Å². The Morgan fingerprint density at radius 3 is 1.07 bits per heavy atom. The van der Waals surface area contributed by atoms with Crippen molar-refractivity contribution in [3.05, 3.63) is 122 Å². The molecule has 0 spiro atoms. The predicted octanol–water partition coefficient (Wildman–Crippen LogP) is 21.4. The van der Waals surface area contributed by atoms with Gasteiger partial charge in [-0.25, -0.2) is 0 Å². The molecule has 1 amide bonds. The van der Waals surface area contributed by atoms with Gasteiger partial charge in [0.15, 0.2) is 0 Å². The molecule has 0 rings (SSSR count). The van der Waals surface area contributed by atoms with Crippen LogP contribution in [0.15, 0.2) is 122 Å².